The van der Waals surface area contributed by atoms with Gasteiger partial charge in [0.2, 0.25) is 4.62 Å². The van der Waals surface area contributed by atoms with Gasteiger partial charge < -0.3 is 0 Å². The molecule has 0 heterocycles. The van der Waals surface area contributed by atoms with Crippen molar-refractivity contribution in [3.63, 3.8) is 0 Å². The molecule has 0 spiro atoms. The number of nitrogens with zero attached hydrogens (tertiary/aromatic N) is 1. The average Bonchev–Trinajstić information content (AvgIpc) is 1.65. The first-order valence-corrected chi connectivity index (χ1v) is 3.84. The van der Waals surface area contributed by atoms with Gasteiger partial charge in [0.05, 0.1) is 5.33 Å². The highest BCUT2D eigenvalue weighted by atomic mass is 79.9. The Kier molecular flexibility index (Phi) is 3.93. The molecule has 0 saturated carbocycles. The third-order valence-corrected chi connectivity index (χ3v) is 2.87. The number of hydrogen-bond donors (Lipinski definition) is 0. The fourth-order valence-corrected chi connectivity index (χ4v) is 0.621. The third kappa shape index (κ3) is 3.23. The second kappa shape index (κ2) is 3.61. The summed E-state index contributed by atoms with van der Waals surface area (Å²) >= 11 is 6.63. The molecule has 0 fully saturated rings. The van der Waals surface area contributed by atoms with Crippen molar-refractivity contribution in [2.24, 2.45) is 0 Å². The van der Waals surface area contributed by atoms with E-state index < -0.39 is 0 Å². The molecule has 0 aliphatic heterocycles. The van der Waals surface area contributed by atoms with Crippen LogP contribution in [0, 0.1) is 0 Å². The predicted molar refractivity (Wildman–Crippen MR) is 39.8 cm³/mol. The van der Waals surface area contributed by atoms with Crippen LogP contribution in [0.1, 0.15) is 0 Å². The molecule has 0 radical (unpaired) electrons. The van der Waals surface area contributed by atoms with E-state index >= 15 is 0 Å². The lowest BCUT2D eigenvalue weighted by Gasteiger charge is -1.85. The van der Waals surface area contributed by atoms with E-state index in [1.165, 1.54) is 0 Å². The van der Waals surface area contributed by atoms with Gasteiger partial charge in [0, 0.05) is 15.9 Å². The van der Waals surface area contributed by atoms with Gasteiger partial charge in [-0.2, -0.15) is 0 Å². The van der Waals surface area contributed by atoms with Crippen molar-refractivity contribution in [2.75, 3.05) is 19.4 Å². The van der Waals surface area contributed by atoms with Crippen LogP contribution in [0.4, 0.5) is 0 Å². The third-order valence-electron chi connectivity index (χ3n) is 0.596. The number of rotatable bonds is 1. The van der Waals surface area contributed by atoms with Gasteiger partial charge in [0.15, 0.2) is 0 Å². The van der Waals surface area contributed by atoms with Crippen molar-refractivity contribution in [3.05, 3.63) is 0 Å². The first-order chi connectivity index (χ1) is 3.18. The normalized spacial score (nSPS) is 8.57. The molecule has 0 atom stereocenters. The van der Waals surface area contributed by atoms with E-state index in [-0.39, 0.29) is 0 Å². The lowest BCUT2D eigenvalue weighted by Crippen LogP contribution is -2.06. The van der Waals surface area contributed by atoms with Gasteiger partial charge in [0.1, 0.15) is 14.1 Å². The molecule has 0 unspecified atom stereocenters. The molecule has 0 aromatic rings. The number of alkyl halides is 1. The lowest BCUT2D eigenvalue weighted by atomic mass is 10.8. The first-order valence-electron chi connectivity index (χ1n) is 1.93. The maximum Gasteiger partial charge on any atom is 0.228 e. The zero-order valence-corrected chi connectivity index (χ0v) is 7.58. The van der Waals surface area contributed by atoms with Crippen LogP contribution in [0.2, 0.25) is 0 Å². The molecular formula is C4H8Br2N+. The molecule has 0 saturated heterocycles. The molecule has 0 rings (SSSR count). The highest BCUT2D eigenvalue weighted by Crippen LogP contribution is 1.91. The molecule has 0 aliphatic carbocycles. The molecule has 3 heteroatoms. The molecule has 0 N–H and O–H groups in total. The Labute approximate surface area is 60.7 Å². The zero-order valence-electron chi connectivity index (χ0n) is 4.41. The minimum Gasteiger partial charge on any atom is -0.232 e. The van der Waals surface area contributed by atoms with E-state index in [1.54, 1.807) is 0 Å². The van der Waals surface area contributed by atoms with E-state index in [2.05, 4.69) is 31.9 Å². The summed E-state index contributed by atoms with van der Waals surface area (Å²) in [5.41, 5.74) is 0. The van der Waals surface area contributed by atoms with Crippen LogP contribution in [0.25, 0.3) is 0 Å². The Balaban J connectivity index is 3.72. The van der Waals surface area contributed by atoms with Crippen molar-refractivity contribution in [1.29, 1.82) is 0 Å². The Morgan fingerprint density at radius 2 is 2.00 bits per heavy atom. The minimum absolute atomic E-state index is 0.889. The van der Waals surface area contributed by atoms with Crippen LogP contribution < -0.4 is 0 Å². The maximum absolute atomic E-state index is 3.34. The molecule has 0 bridgehead atoms. The predicted octanol–water partition coefficient (Wildman–Crippen LogP) is 1.45. The summed E-state index contributed by atoms with van der Waals surface area (Å²) in [6, 6.07) is 0. The van der Waals surface area contributed by atoms with Gasteiger partial charge in [-0.15, -0.1) is 0 Å². The van der Waals surface area contributed by atoms with E-state index in [9.17, 15) is 0 Å². The topological polar surface area (TPSA) is 3.01 Å². The van der Waals surface area contributed by atoms with Gasteiger partial charge in [-0.05, 0) is 0 Å². The molecule has 42 valence electrons. The largest absolute Gasteiger partial charge is 0.232 e. The van der Waals surface area contributed by atoms with Crippen LogP contribution in [0.5, 0.6) is 0 Å². The van der Waals surface area contributed by atoms with Crippen LogP contribution in [0.15, 0.2) is 0 Å². The minimum atomic E-state index is 0.889. The monoisotopic (exact) mass is 228 g/mol. The summed E-state index contributed by atoms with van der Waals surface area (Å²) in [5, 5.41) is 0.889. The smallest absolute Gasteiger partial charge is 0.228 e. The Morgan fingerprint density at radius 3 is 2.00 bits per heavy atom. The fourth-order valence-electron chi connectivity index (χ4n) is 0.120. The standard InChI is InChI=1S/C4H8Br2N/c1-7(2)4(6)3-5/h3H2,1-2H3/q+1. The van der Waals surface area contributed by atoms with Gasteiger partial charge in [0.25, 0.3) is 0 Å². The molecule has 0 aromatic heterocycles. The van der Waals surface area contributed by atoms with Crippen LogP contribution in [-0.4, -0.2) is 28.6 Å². The van der Waals surface area contributed by atoms with Crippen molar-refractivity contribution in [2.45, 2.75) is 0 Å². The van der Waals surface area contributed by atoms with E-state index in [4.69, 9.17) is 0 Å². The molecule has 0 aliphatic rings. The summed E-state index contributed by atoms with van der Waals surface area (Å²) in [7, 11) is 3.98. The van der Waals surface area contributed by atoms with Crippen LogP contribution >= 0.6 is 31.9 Å². The van der Waals surface area contributed by atoms with Gasteiger partial charge >= 0.3 is 0 Å². The van der Waals surface area contributed by atoms with Crippen LogP contribution in [0.3, 0.4) is 0 Å². The first kappa shape index (κ1) is 7.63. The van der Waals surface area contributed by atoms with Crippen molar-refractivity contribution >= 4 is 36.5 Å². The maximum atomic E-state index is 3.34. The second-order valence-corrected chi connectivity index (χ2v) is 2.88. The molecule has 0 amide bonds. The summed E-state index contributed by atoms with van der Waals surface area (Å²) in [5.74, 6) is 0. The van der Waals surface area contributed by atoms with Crippen molar-refractivity contribution in [1.82, 2.24) is 0 Å². The van der Waals surface area contributed by atoms with Crippen molar-refractivity contribution in [3.8, 4) is 0 Å². The SMILES string of the molecule is C[N+](C)=C(Br)CBr. The summed E-state index contributed by atoms with van der Waals surface area (Å²) < 4.78 is 3.17. The molecule has 1 nitrogen and oxygen atoms in total. The van der Waals surface area contributed by atoms with E-state index in [0.717, 1.165) is 9.95 Å². The second-order valence-electron chi connectivity index (χ2n) is 1.40. The molecule has 0 aromatic carbocycles. The lowest BCUT2D eigenvalue weighted by molar-refractivity contribution is -0.461. The Hall–Kier alpha value is 0.630. The van der Waals surface area contributed by atoms with Crippen molar-refractivity contribution < 1.29 is 4.58 Å². The Bertz CT molecular complexity index is 83.7. The Morgan fingerprint density at radius 1 is 1.57 bits per heavy atom. The quantitative estimate of drug-likeness (QED) is 0.364. The zero-order chi connectivity index (χ0) is 5.86. The molecule has 7 heavy (non-hydrogen) atoms. The number of hydrogen-bond acceptors (Lipinski definition) is 0. The average molecular weight is 230 g/mol. The summed E-state index contributed by atoms with van der Waals surface area (Å²) in [6.07, 6.45) is 0. The van der Waals surface area contributed by atoms with Crippen LogP contribution in [-0.2, 0) is 0 Å². The molecular weight excluding hydrogens is 222 g/mol. The fraction of sp³-hybridized carbons (Fsp3) is 0.750. The highest BCUT2D eigenvalue weighted by Gasteiger charge is 1.95. The van der Waals surface area contributed by atoms with Gasteiger partial charge in [-0.25, -0.2) is 4.58 Å². The van der Waals surface area contributed by atoms with E-state index in [0.29, 0.717) is 0 Å². The number of halogens is 2. The summed E-state index contributed by atoms with van der Waals surface area (Å²) in [4.78, 5) is 0. The van der Waals surface area contributed by atoms with Gasteiger partial charge in [-0.1, -0.05) is 15.9 Å². The van der Waals surface area contributed by atoms with E-state index in [1.807, 2.05) is 18.7 Å². The summed E-state index contributed by atoms with van der Waals surface area (Å²) in [6.45, 7) is 0. The highest BCUT2D eigenvalue weighted by molar-refractivity contribution is 9.19. The van der Waals surface area contributed by atoms with Gasteiger partial charge in [-0.3, -0.25) is 0 Å².